The maximum atomic E-state index is 12.6. The van der Waals surface area contributed by atoms with Gasteiger partial charge in [-0.05, 0) is 25.0 Å². The number of rotatable bonds is 3. The van der Waals surface area contributed by atoms with Gasteiger partial charge in [-0.15, -0.1) is 0 Å². The number of nitrogens with zero attached hydrogens (tertiary/aromatic N) is 1. The smallest absolute Gasteiger partial charge is 0.241 e. The lowest BCUT2D eigenvalue weighted by atomic mass is 9.95. The van der Waals surface area contributed by atoms with Crippen molar-refractivity contribution in [2.24, 2.45) is 0 Å². The number of ketones is 1. The molecule has 1 heterocycles. The molecule has 0 atom stereocenters. The Balaban J connectivity index is 1.92. The van der Waals surface area contributed by atoms with E-state index in [-0.39, 0.29) is 16.7 Å². The standard InChI is InChI=1S/C15H16N2O3S/c18-13-6-4-12(5-7-13)17-21(19,20)15-3-1-2-11-10-16-9-8-14(11)15/h1-3,8-10,12,17H,4-7H2. The zero-order chi connectivity index (χ0) is 14.9. The molecule has 3 rings (SSSR count). The number of fused-ring (bicyclic) bond motifs is 1. The van der Waals surface area contributed by atoms with Crippen molar-refractivity contribution in [3.8, 4) is 0 Å². The van der Waals surface area contributed by atoms with Gasteiger partial charge in [0.1, 0.15) is 5.78 Å². The molecule has 1 aromatic heterocycles. The first-order valence-corrected chi connectivity index (χ1v) is 8.41. The summed E-state index contributed by atoms with van der Waals surface area (Å²) in [6, 6.07) is 6.68. The molecule has 1 saturated carbocycles. The number of aromatic nitrogens is 1. The van der Waals surface area contributed by atoms with Gasteiger partial charge in [0.2, 0.25) is 10.0 Å². The summed E-state index contributed by atoms with van der Waals surface area (Å²) in [4.78, 5) is 15.5. The zero-order valence-corrected chi connectivity index (χ0v) is 12.3. The topological polar surface area (TPSA) is 76.1 Å². The molecule has 110 valence electrons. The molecule has 0 aliphatic heterocycles. The van der Waals surface area contributed by atoms with Crippen LogP contribution in [-0.4, -0.2) is 25.2 Å². The van der Waals surface area contributed by atoms with Crippen molar-refractivity contribution in [1.82, 2.24) is 9.71 Å². The first-order valence-electron chi connectivity index (χ1n) is 6.93. The van der Waals surface area contributed by atoms with Crippen LogP contribution in [0.3, 0.4) is 0 Å². The molecule has 1 N–H and O–H groups in total. The average Bonchev–Trinajstić information content (AvgIpc) is 2.49. The van der Waals surface area contributed by atoms with Crippen LogP contribution in [0.1, 0.15) is 25.7 Å². The number of hydrogen-bond acceptors (Lipinski definition) is 4. The van der Waals surface area contributed by atoms with Crippen LogP contribution in [0.25, 0.3) is 10.8 Å². The highest BCUT2D eigenvalue weighted by Crippen LogP contribution is 2.24. The van der Waals surface area contributed by atoms with Gasteiger partial charge in [0.15, 0.2) is 0 Å². The van der Waals surface area contributed by atoms with Gasteiger partial charge >= 0.3 is 0 Å². The number of pyridine rings is 1. The van der Waals surface area contributed by atoms with Crippen molar-refractivity contribution in [3.63, 3.8) is 0 Å². The number of carbonyl (C=O) groups excluding carboxylic acids is 1. The summed E-state index contributed by atoms with van der Waals surface area (Å²) in [5, 5.41) is 1.45. The second kappa shape index (κ2) is 5.54. The molecule has 1 fully saturated rings. The quantitative estimate of drug-likeness (QED) is 0.941. The lowest BCUT2D eigenvalue weighted by Crippen LogP contribution is -2.37. The number of Topliss-reactive ketones (excluding diaryl/α,β-unsaturated/α-hetero) is 1. The highest BCUT2D eigenvalue weighted by molar-refractivity contribution is 7.89. The Bertz CT molecular complexity index is 771. The van der Waals surface area contributed by atoms with E-state index >= 15 is 0 Å². The molecule has 0 radical (unpaired) electrons. The molecule has 1 aliphatic carbocycles. The van der Waals surface area contributed by atoms with Gasteiger partial charge in [0.25, 0.3) is 0 Å². The molecule has 0 spiro atoms. The average molecular weight is 304 g/mol. The Morgan fingerprint density at radius 3 is 2.67 bits per heavy atom. The molecule has 0 amide bonds. The predicted octanol–water partition coefficient (Wildman–Crippen LogP) is 2.02. The summed E-state index contributed by atoms with van der Waals surface area (Å²) < 4.78 is 27.9. The van der Waals surface area contributed by atoms with Gasteiger partial charge in [0.05, 0.1) is 4.90 Å². The number of carbonyl (C=O) groups is 1. The predicted molar refractivity (Wildman–Crippen MR) is 79.3 cm³/mol. The summed E-state index contributed by atoms with van der Waals surface area (Å²) in [6.45, 7) is 0. The van der Waals surface area contributed by atoms with Crippen LogP contribution >= 0.6 is 0 Å². The fourth-order valence-electron chi connectivity index (χ4n) is 2.67. The molecule has 6 heteroatoms. The van der Waals surface area contributed by atoms with Crippen LogP contribution in [0.15, 0.2) is 41.6 Å². The van der Waals surface area contributed by atoms with Crippen molar-refractivity contribution in [1.29, 1.82) is 0 Å². The minimum absolute atomic E-state index is 0.162. The third kappa shape index (κ3) is 2.96. The van der Waals surface area contributed by atoms with E-state index in [1.165, 1.54) is 0 Å². The van der Waals surface area contributed by atoms with Gasteiger partial charge < -0.3 is 0 Å². The van der Waals surface area contributed by atoms with E-state index in [2.05, 4.69) is 9.71 Å². The number of nitrogens with one attached hydrogen (secondary N) is 1. The first-order chi connectivity index (χ1) is 10.1. The van der Waals surface area contributed by atoms with Gasteiger partial charge in [-0.3, -0.25) is 9.78 Å². The number of sulfonamides is 1. The van der Waals surface area contributed by atoms with Gasteiger partial charge in [0, 0.05) is 42.0 Å². The van der Waals surface area contributed by atoms with Crippen LogP contribution in [-0.2, 0) is 14.8 Å². The maximum Gasteiger partial charge on any atom is 0.241 e. The van der Waals surface area contributed by atoms with Gasteiger partial charge in [-0.25, -0.2) is 13.1 Å². The van der Waals surface area contributed by atoms with E-state index in [0.717, 1.165) is 5.39 Å². The fourth-order valence-corrected chi connectivity index (χ4v) is 4.20. The van der Waals surface area contributed by atoms with Gasteiger partial charge in [-0.2, -0.15) is 0 Å². The Kier molecular flexibility index (Phi) is 3.73. The molecule has 1 aromatic carbocycles. The Morgan fingerprint density at radius 2 is 1.90 bits per heavy atom. The summed E-state index contributed by atoms with van der Waals surface area (Å²) in [5.74, 6) is 0.210. The maximum absolute atomic E-state index is 12.6. The van der Waals surface area contributed by atoms with Crippen molar-refractivity contribution in [2.75, 3.05) is 0 Å². The molecule has 21 heavy (non-hydrogen) atoms. The molecule has 2 aromatic rings. The Morgan fingerprint density at radius 1 is 1.14 bits per heavy atom. The second-order valence-electron chi connectivity index (χ2n) is 5.29. The van der Waals surface area contributed by atoms with Crippen molar-refractivity contribution < 1.29 is 13.2 Å². The van der Waals surface area contributed by atoms with Crippen LogP contribution in [0.5, 0.6) is 0 Å². The fraction of sp³-hybridized carbons (Fsp3) is 0.333. The van der Waals surface area contributed by atoms with Crippen molar-refractivity contribution in [2.45, 2.75) is 36.6 Å². The van der Waals surface area contributed by atoms with Crippen molar-refractivity contribution in [3.05, 3.63) is 36.7 Å². The molecule has 0 unspecified atom stereocenters. The van der Waals surface area contributed by atoms with Crippen molar-refractivity contribution >= 4 is 26.6 Å². The zero-order valence-electron chi connectivity index (χ0n) is 11.5. The summed E-state index contributed by atoms with van der Waals surface area (Å²) in [6.07, 6.45) is 5.28. The summed E-state index contributed by atoms with van der Waals surface area (Å²) >= 11 is 0. The summed E-state index contributed by atoms with van der Waals surface area (Å²) in [5.41, 5.74) is 0. The van der Waals surface area contributed by atoms with Gasteiger partial charge in [-0.1, -0.05) is 12.1 Å². The number of hydrogen-bond donors (Lipinski definition) is 1. The third-order valence-electron chi connectivity index (χ3n) is 3.80. The highest BCUT2D eigenvalue weighted by atomic mass is 32.2. The SMILES string of the molecule is O=C1CCC(NS(=O)(=O)c2cccc3cnccc23)CC1. The van der Waals surface area contributed by atoms with E-state index in [1.807, 2.05) is 6.07 Å². The van der Waals surface area contributed by atoms with E-state index in [9.17, 15) is 13.2 Å². The molecule has 5 nitrogen and oxygen atoms in total. The molecule has 0 bridgehead atoms. The van der Waals surface area contributed by atoms with Crippen LogP contribution in [0, 0.1) is 0 Å². The first kappa shape index (κ1) is 14.2. The highest BCUT2D eigenvalue weighted by Gasteiger charge is 2.25. The molecule has 1 aliphatic rings. The Labute approximate surface area is 123 Å². The second-order valence-corrected chi connectivity index (χ2v) is 6.97. The summed E-state index contributed by atoms with van der Waals surface area (Å²) in [7, 11) is -3.59. The van der Waals surface area contributed by atoms with E-state index < -0.39 is 10.0 Å². The monoisotopic (exact) mass is 304 g/mol. The Hall–Kier alpha value is -1.79. The minimum atomic E-state index is -3.59. The lowest BCUT2D eigenvalue weighted by Gasteiger charge is -2.22. The molecular weight excluding hydrogens is 288 g/mol. The minimum Gasteiger partial charge on any atom is -0.300 e. The molecule has 0 saturated heterocycles. The van der Waals surface area contributed by atoms with Crippen LogP contribution < -0.4 is 4.72 Å². The van der Waals surface area contributed by atoms with E-state index in [0.29, 0.717) is 31.1 Å². The van der Waals surface area contributed by atoms with Crippen LogP contribution in [0.2, 0.25) is 0 Å². The largest absolute Gasteiger partial charge is 0.300 e. The lowest BCUT2D eigenvalue weighted by molar-refractivity contribution is -0.120. The molecular formula is C15H16N2O3S. The van der Waals surface area contributed by atoms with E-state index in [1.54, 1.807) is 30.6 Å². The normalized spacial score (nSPS) is 17.2. The number of benzene rings is 1. The third-order valence-corrected chi connectivity index (χ3v) is 5.37. The van der Waals surface area contributed by atoms with Crippen LogP contribution in [0.4, 0.5) is 0 Å². The van der Waals surface area contributed by atoms with E-state index in [4.69, 9.17) is 0 Å².